The molecule has 0 aliphatic rings. The number of rotatable bonds is 5. The van der Waals surface area contributed by atoms with Crippen molar-refractivity contribution in [2.75, 3.05) is 0 Å². The lowest BCUT2D eigenvalue weighted by Gasteiger charge is -2.09. The van der Waals surface area contributed by atoms with Crippen LogP contribution >= 0.6 is 0 Å². The number of halogens is 2. The topological polar surface area (TPSA) is 68.0 Å². The first kappa shape index (κ1) is 15.1. The van der Waals surface area contributed by atoms with Crippen LogP contribution in [-0.2, 0) is 6.54 Å². The van der Waals surface area contributed by atoms with E-state index >= 15 is 0 Å². The highest BCUT2D eigenvalue weighted by Gasteiger charge is 2.21. The zero-order valence-electron chi connectivity index (χ0n) is 11.7. The van der Waals surface area contributed by atoms with Gasteiger partial charge >= 0.3 is 5.97 Å². The molecule has 1 heterocycles. The number of carboxylic acids is 1. The molecule has 0 unspecified atom stereocenters. The van der Waals surface area contributed by atoms with Crippen molar-refractivity contribution in [2.45, 2.75) is 26.8 Å². The van der Waals surface area contributed by atoms with Crippen LogP contribution in [0.4, 0.5) is 8.78 Å². The minimum Gasteiger partial charge on any atom is -0.476 e. The Morgan fingerprint density at radius 1 is 1.33 bits per heavy atom. The van der Waals surface area contributed by atoms with E-state index in [9.17, 15) is 13.6 Å². The summed E-state index contributed by atoms with van der Waals surface area (Å²) in [5.41, 5.74) is 0.145. The summed E-state index contributed by atoms with van der Waals surface area (Å²) in [6.45, 7) is 4.49. The van der Waals surface area contributed by atoms with Crippen molar-refractivity contribution < 1.29 is 18.7 Å². The largest absolute Gasteiger partial charge is 0.476 e. The lowest BCUT2D eigenvalue weighted by atomic mass is 10.1. The van der Waals surface area contributed by atoms with E-state index in [2.05, 4.69) is 10.3 Å². The molecular formula is C14H15F2N3O2. The van der Waals surface area contributed by atoms with E-state index in [1.807, 2.05) is 13.8 Å². The third-order valence-electron chi connectivity index (χ3n) is 3.05. The maximum absolute atomic E-state index is 13.4. The molecule has 0 aliphatic heterocycles. The van der Waals surface area contributed by atoms with Crippen LogP contribution in [0.3, 0.4) is 0 Å². The van der Waals surface area contributed by atoms with Gasteiger partial charge < -0.3 is 5.11 Å². The Hall–Kier alpha value is -2.31. The average molecular weight is 295 g/mol. The van der Waals surface area contributed by atoms with Gasteiger partial charge in [-0.3, -0.25) is 0 Å². The highest BCUT2D eigenvalue weighted by Crippen LogP contribution is 2.25. The van der Waals surface area contributed by atoms with E-state index in [0.29, 0.717) is 12.5 Å². The number of aromatic carboxylic acids is 1. The number of aryl methyl sites for hydroxylation is 1. The lowest BCUT2D eigenvalue weighted by Crippen LogP contribution is -2.07. The normalized spacial score (nSPS) is 11.1. The van der Waals surface area contributed by atoms with Crippen molar-refractivity contribution in [2.24, 2.45) is 5.92 Å². The molecular weight excluding hydrogens is 280 g/mol. The second-order valence-corrected chi connectivity index (χ2v) is 5.13. The van der Waals surface area contributed by atoms with Crippen LogP contribution in [0.15, 0.2) is 18.2 Å². The molecule has 112 valence electrons. The van der Waals surface area contributed by atoms with Crippen molar-refractivity contribution in [3.63, 3.8) is 0 Å². The minimum absolute atomic E-state index is 0.182. The Labute approximate surface area is 120 Å². The van der Waals surface area contributed by atoms with E-state index in [4.69, 9.17) is 5.11 Å². The summed E-state index contributed by atoms with van der Waals surface area (Å²) in [5, 5.41) is 16.6. The second-order valence-electron chi connectivity index (χ2n) is 5.13. The number of nitrogens with zero attached hydrogens (tertiary/aromatic N) is 3. The lowest BCUT2D eigenvalue weighted by molar-refractivity contribution is 0.0691. The molecule has 1 aromatic heterocycles. The Bertz CT molecular complexity index is 668. The van der Waals surface area contributed by atoms with Gasteiger partial charge in [-0.2, -0.15) is 0 Å². The fourth-order valence-corrected chi connectivity index (χ4v) is 1.92. The van der Waals surface area contributed by atoms with E-state index in [0.717, 1.165) is 18.6 Å². The molecule has 0 spiro atoms. The number of carboxylic acid groups (broad SMARTS) is 1. The van der Waals surface area contributed by atoms with E-state index in [1.54, 1.807) is 0 Å². The van der Waals surface area contributed by atoms with Crippen LogP contribution in [-0.4, -0.2) is 26.1 Å². The summed E-state index contributed by atoms with van der Waals surface area (Å²) in [7, 11) is 0. The Kier molecular flexibility index (Phi) is 4.30. The molecule has 0 fully saturated rings. The minimum atomic E-state index is -1.26. The first-order valence-corrected chi connectivity index (χ1v) is 6.52. The van der Waals surface area contributed by atoms with Gasteiger partial charge in [0.05, 0.1) is 0 Å². The summed E-state index contributed by atoms with van der Waals surface area (Å²) in [5.74, 6) is -2.90. The Balaban J connectivity index is 2.49. The van der Waals surface area contributed by atoms with Gasteiger partial charge in [0.15, 0.2) is 17.3 Å². The van der Waals surface area contributed by atoms with Gasteiger partial charge in [-0.05, 0) is 30.5 Å². The highest BCUT2D eigenvalue weighted by molar-refractivity contribution is 5.92. The Morgan fingerprint density at radius 3 is 2.62 bits per heavy atom. The predicted octanol–water partition coefficient (Wildman–Crippen LogP) is 2.97. The van der Waals surface area contributed by atoms with Crippen LogP contribution in [0.25, 0.3) is 11.3 Å². The molecule has 0 saturated carbocycles. The number of carbonyl (C=O) groups is 1. The molecule has 0 saturated heterocycles. The van der Waals surface area contributed by atoms with Crippen molar-refractivity contribution >= 4 is 5.97 Å². The predicted molar refractivity (Wildman–Crippen MR) is 71.8 cm³/mol. The summed E-state index contributed by atoms with van der Waals surface area (Å²) < 4.78 is 27.8. The molecule has 7 heteroatoms. The molecule has 5 nitrogen and oxygen atoms in total. The molecule has 2 aromatic rings. The first-order chi connectivity index (χ1) is 9.90. The third kappa shape index (κ3) is 3.24. The summed E-state index contributed by atoms with van der Waals surface area (Å²) in [4.78, 5) is 11.2. The zero-order valence-corrected chi connectivity index (χ0v) is 11.7. The molecule has 0 atom stereocenters. The van der Waals surface area contributed by atoms with Crippen LogP contribution in [0.2, 0.25) is 0 Å². The van der Waals surface area contributed by atoms with Crippen molar-refractivity contribution in [1.82, 2.24) is 15.0 Å². The van der Waals surface area contributed by atoms with Crippen molar-refractivity contribution in [1.29, 1.82) is 0 Å². The van der Waals surface area contributed by atoms with E-state index in [1.165, 1.54) is 10.7 Å². The van der Waals surface area contributed by atoms with Gasteiger partial charge in [0.2, 0.25) is 0 Å². The summed E-state index contributed by atoms with van der Waals surface area (Å²) in [6, 6.07) is 3.22. The molecule has 0 radical (unpaired) electrons. The second kappa shape index (κ2) is 5.99. The smallest absolute Gasteiger partial charge is 0.358 e. The van der Waals surface area contributed by atoms with Gasteiger partial charge in [-0.15, -0.1) is 5.10 Å². The van der Waals surface area contributed by atoms with Gasteiger partial charge in [0.1, 0.15) is 5.69 Å². The van der Waals surface area contributed by atoms with Gasteiger partial charge in [0, 0.05) is 12.1 Å². The van der Waals surface area contributed by atoms with Crippen LogP contribution < -0.4 is 0 Å². The number of benzene rings is 1. The van der Waals surface area contributed by atoms with E-state index in [-0.39, 0.29) is 17.0 Å². The number of aromatic nitrogens is 3. The molecule has 0 bridgehead atoms. The van der Waals surface area contributed by atoms with Gasteiger partial charge in [0.25, 0.3) is 0 Å². The van der Waals surface area contributed by atoms with Crippen LogP contribution in [0, 0.1) is 17.6 Å². The fraction of sp³-hybridized carbons (Fsp3) is 0.357. The average Bonchev–Trinajstić information content (AvgIpc) is 2.83. The van der Waals surface area contributed by atoms with Crippen molar-refractivity contribution in [3.05, 3.63) is 35.5 Å². The maximum atomic E-state index is 13.4. The van der Waals surface area contributed by atoms with Gasteiger partial charge in [-0.1, -0.05) is 19.1 Å². The highest BCUT2D eigenvalue weighted by atomic mass is 19.2. The Morgan fingerprint density at radius 2 is 2.05 bits per heavy atom. The molecule has 21 heavy (non-hydrogen) atoms. The van der Waals surface area contributed by atoms with E-state index < -0.39 is 17.6 Å². The first-order valence-electron chi connectivity index (χ1n) is 6.52. The summed E-state index contributed by atoms with van der Waals surface area (Å²) >= 11 is 0. The molecule has 0 aliphatic carbocycles. The molecule has 1 N–H and O–H groups in total. The van der Waals surface area contributed by atoms with Gasteiger partial charge in [-0.25, -0.2) is 18.3 Å². The zero-order chi connectivity index (χ0) is 15.6. The summed E-state index contributed by atoms with van der Waals surface area (Å²) in [6.07, 6.45) is 0.763. The standard InChI is InChI=1S/C14H15F2N3O2/c1-8(2)5-6-19-13(12(14(20)21)17-18-19)9-3-4-10(15)11(16)7-9/h3-4,7-8H,5-6H2,1-2H3,(H,20,21). The number of hydrogen-bond acceptors (Lipinski definition) is 3. The third-order valence-corrected chi connectivity index (χ3v) is 3.05. The molecule has 1 aromatic carbocycles. The maximum Gasteiger partial charge on any atom is 0.358 e. The quantitative estimate of drug-likeness (QED) is 0.920. The monoisotopic (exact) mass is 295 g/mol. The molecule has 0 amide bonds. The fourth-order valence-electron chi connectivity index (χ4n) is 1.92. The number of hydrogen-bond donors (Lipinski definition) is 1. The van der Waals surface area contributed by atoms with Crippen molar-refractivity contribution in [3.8, 4) is 11.3 Å². The molecule has 2 rings (SSSR count). The SMILES string of the molecule is CC(C)CCn1nnc(C(=O)O)c1-c1ccc(F)c(F)c1. The van der Waals surface area contributed by atoms with Crippen LogP contribution in [0.1, 0.15) is 30.8 Å². The van der Waals surface area contributed by atoms with Crippen LogP contribution in [0.5, 0.6) is 0 Å².